The number of amides is 4. The van der Waals surface area contributed by atoms with Crippen molar-refractivity contribution in [1.29, 1.82) is 0 Å². The highest BCUT2D eigenvalue weighted by atomic mass is 35.5. The summed E-state index contributed by atoms with van der Waals surface area (Å²) in [5.74, 6) is -0.171. The molecular formula is C19H25ClN4O3. The highest BCUT2D eigenvalue weighted by Gasteiger charge is 2.29. The summed E-state index contributed by atoms with van der Waals surface area (Å²) >= 11 is 6.25. The minimum atomic E-state index is -0.163. The zero-order chi connectivity index (χ0) is 19.6. The fraction of sp³-hybridized carbons (Fsp3) is 0.526. The first kappa shape index (κ1) is 19.5. The lowest BCUT2D eigenvalue weighted by Gasteiger charge is -2.33. The molecule has 0 spiro atoms. The Bertz CT molecular complexity index is 744. The molecule has 146 valence electrons. The van der Waals surface area contributed by atoms with E-state index in [0.29, 0.717) is 49.6 Å². The standard InChI is InChI=1S/C19H25ClN4O3/c1-22(2)19(27)23-10-7-13(8-11-23)18(26)21-16-12-14(5-6-15(16)20)24-9-3-4-17(24)25/h5-6,12-13H,3-4,7-11H2,1-2H3,(H,21,26). The minimum absolute atomic E-state index is 0.0279. The molecule has 2 saturated heterocycles. The van der Waals surface area contributed by atoms with Crippen LogP contribution in [-0.2, 0) is 9.59 Å². The molecule has 0 radical (unpaired) electrons. The molecule has 2 aliphatic rings. The van der Waals surface area contributed by atoms with E-state index < -0.39 is 0 Å². The summed E-state index contributed by atoms with van der Waals surface area (Å²) < 4.78 is 0. The van der Waals surface area contributed by atoms with Crippen molar-refractivity contribution in [2.45, 2.75) is 25.7 Å². The average molecular weight is 393 g/mol. The topological polar surface area (TPSA) is 73.0 Å². The van der Waals surface area contributed by atoms with E-state index in [1.54, 1.807) is 47.0 Å². The van der Waals surface area contributed by atoms with Gasteiger partial charge in [0.1, 0.15) is 0 Å². The van der Waals surface area contributed by atoms with Crippen molar-refractivity contribution < 1.29 is 14.4 Å². The third-order valence-corrected chi connectivity index (χ3v) is 5.44. The molecule has 4 amide bonds. The number of hydrogen-bond donors (Lipinski definition) is 1. The van der Waals surface area contributed by atoms with Crippen molar-refractivity contribution >= 4 is 40.8 Å². The van der Waals surface area contributed by atoms with Gasteiger partial charge in [-0.1, -0.05) is 11.6 Å². The van der Waals surface area contributed by atoms with Gasteiger partial charge < -0.3 is 20.0 Å². The molecule has 0 unspecified atom stereocenters. The van der Waals surface area contributed by atoms with Crippen molar-refractivity contribution in [3.05, 3.63) is 23.2 Å². The van der Waals surface area contributed by atoms with E-state index >= 15 is 0 Å². The Morgan fingerprint density at radius 2 is 1.89 bits per heavy atom. The Morgan fingerprint density at radius 1 is 1.19 bits per heavy atom. The van der Waals surface area contributed by atoms with Crippen molar-refractivity contribution in [3.63, 3.8) is 0 Å². The van der Waals surface area contributed by atoms with Gasteiger partial charge in [0.2, 0.25) is 11.8 Å². The van der Waals surface area contributed by atoms with Crippen LogP contribution in [0.1, 0.15) is 25.7 Å². The molecule has 1 aromatic rings. The fourth-order valence-electron chi connectivity index (χ4n) is 3.55. The summed E-state index contributed by atoms with van der Waals surface area (Å²) in [4.78, 5) is 41.6. The molecule has 1 aromatic carbocycles. The van der Waals surface area contributed by atoms with Crippen molar-refractivity contribution in [1.82, 2.24) is 9.80 Å². The first-order valence-corrected chi connectivity index (χ1v) is 9.61. The molecular weight excluding hydrogens is 368 g/mol. The molecule has 3 rings (SSSR count). The minimum Gasteiger partial charge on any atom is -0.331 e. The van der Waals surface area contributed by atoms with E-state index in [1.807, 2.05) is 0 Å². The van der Waals surface area contributed by atoms with Gasteiger partial charge in [-0.05, 0) is 37.5 Å². The summed E-state index contributed by atoms with van der Waals surface area (Å²) in [6, 6.07) is 5.23. The summed E-state index contributed by atoms with van der Waals surface area (Å²) in [7, 11) is 3.45. The van der Waals surface area contributed by atoms with Gasteiger partial charge in [0.15, 0.2) is 0 Å². The Kier molecular flexibility index (Phi) is 5.89. The summed E-state index contributed by atoms with van der Waals surface area (Å²) in [5, 5.41) is 3.35. The van der Waals surface area contributed by atoms with Crippen molar-refractivity contribution in [2.24, 2.45) is 5.92 Å². The van der Waals surface area contributed by atoms with Crippen LogP contribution in [0.3, 0.4) is 0 Å². The van der Waals surface area contributed by atoms with Crippen LogP contribution in [-0.4, -0.2) is 61.4 Å². The Balaban J connectivity index is 1.63. The number of nitrogens with zero attached hydrogens (tertiary/aromatic N) is 3. The quantitative estimate of drug-likeness (QED) is 0.859. The van der Waals surface area contributed by atoms with Crippen LogP contribution in [0.15, 0.2) is 18.2 Å². The normalized spacial score (nSPS) is 18.0. The molecule has 0 bridgehead atoms. The van der Waals surface area contributed by atoms with Crippen LogP contribution in [0.4, 0.5) is 16.2 Å². The molecule has 0 aromatic heterocycles. The summed E-state index contributed by atoms with van der Waals surface area (Å²) in [5.41, 5.74) is 1.27. The number of carbonyl (C=O) groups is 3. The second kappa shape index (κ2) is 8.17. The molecule has 27 heavy (non-hydrogen) atoms. The number of benzene rings is 1. The molecule has 8 heteroatoms. The molecule has 0 saturated carbocycles. The number of nitrogens with one attached hydrogen (secondary N) is 1. The number of likely N-dealkylation sites (tertiary alicyclic amines) is 1. The lowest BCUT2D eigenvalue weighted by molar-refractivity contribution is -0.121. The number of hydrogen-bond acceptors (Lipinski definition) is 3. The SMILES string of the molecule is CN(C)C(=O)N1CCC(C(=O)Nc2cc(N3CCCC3=O)ccc2Cl)CC1. The van der Waals surface area contributed by atoms with Crippen LogP contribution >= 0.6 is 11.6 Å². The summed E-state index contributed by atoms with van der Waals surface area (Å²) in [6.45, 7) is 1.81. The first-order chi connectivity index (χ1) is 12.9. The first-order valence-electron chi connectivity index (χ1n) is 9.24. The monoisotopic (exact) mass is 392 g/mol. The second-order valence-electron chi connectivity index (χ2n) is 7.24. The second-order valence-corrected chi connectivity index (χ2v) is 7.65. The van der Waals surface area contributed by atoms with E-state index in [9.17, 15) is 14.4 Å². The molecule has 0 atom stereocenters. The van der Waals surface area contributed by atoms with Gasteiger partial charge in [-0.15, -0.1) is 0 Å². The highest BCUT2D eigenvalue weighted by molar-refractivity contribution is 6.34. The van der Waals surface area contributed by atoms with E-state index in [4.69, 9.17) is 11.6 Å². The van der Waals surface area contributed by atoms with Gasteiger partial charge in [-0.3, -0.25) is 9.59 Å². The Labute approximate surface area is 164 Å². The molecule has 2 fully saturated rings. The van der Waals surface area contributed by atoms with Gasteiger partial charge in [-0.2, -0.15) is 0 Å². The van der Waals surface area contributed by atoms with E-state index in [1.165, 1.54) is 0 Å². The van der Waals surface area contributed by atoms with Gasteiger partial charge in [0.25, 0.3) is 0 Å². The molecule has 7 nitrogen and oxygen atoms in total. The van der Waals surface area contributed by atoms with Gasteiger partial charge in [-0.25, -0.2) is 4.79 Å². The van der Waals surface area contributed by atoms with E-state index in [-0.39, 0.29) is 23.8 Å². The number of halogens is 1. The maximum atomic E-state index is 12.7. The van der Waals surface area contributed by atoms with Crippen molar-refractivity contribution in [3.8, 4) is 0 Å². The lowest BCUT2D eigenvalue weighted by Crippen LogP contribution is -2.45. The highest BCUT2D eigenvalue weighted by Crippen LogP contribution is 2.31. The van der Waals surface area contributed by atoms with E-state index in [0.717, 1.165) is 12.1 Å². The number of rotatable bonds is 3. The smallest absolute Gasteiger partial charge is 0.319 e. The number of anilines is 2. The van der Waals surface area contributed by atoms with E-state index in [2.05, 4.69) is 5.32 Å². The van der Waals surface area contributed by atoms with Gasteiger partial charge >= 0.3 is 6.03 Å². The summed E-state index contributed by atoms with van der Waals surface area (Å²) in [6.07, 6.45) is 2.63. The largest absolute Gasteiger partial charge is 0.331 e. The molecule has 1 N–H and O–H groups in total. The maximum Gasteiger partial charge on any atom is 0.319 e. The maximum absolute atomic E-state index is 12.7. The number of piperidine rings is 1. The molecule has 2 aliphatic heterocycles. The third-order valence-electron chi connectivity index (χ3n) is 5.11. The zero-order valence-corrected chi connectivity index (χ0v) is 16.5. The van der Waals surface area contributed by atoms with Crippen LogP contribution < -0.4 is 10.2 Å². The molecule has 2 heterocycles. The predicted octanol–water partition coefficient (Wildman–Crippen LogP) is 2.80. The van der Waals surface area contributed by atoms with Crippen LogP contribution in [0.5, 0.6) is 0 Å². The Morgan fingerprint density at radius 3 is 2.48 bits per heavy atom. The van der Waals surface area contributed by atoms with Gasteiger partial charge in [0.05, 0.1) is 10.7 Å². The lowest BCUT2D eigenvalue weighted by atomic mass is 9.96. The van der Waals surface area contributed by atoms with Gasteiger partial charge in [0, 0.05) is 51.8 Å². The molecule has 0 aliphatic carbocycles. The zero-order valence-electron chi connectivity index (χ0n) is 15.7. The fourth-order valence-corrected chi connectivity index (χ4v) is 3.71. The van der Waals surface area contributed by atoms with Crippen molar-refractivity contribution in [2.75, 3.05) is 43.9 Å². The third kappa shape index (κ3) is 4.35. The average Bonchev–Trinajstić information content (AvgIpc) is 3.09. The number of urea groups is 1. The Hall–Kier alpha value is -2.28. The van der Waals surface area contributed by atoms with Crippen LogP contribution in [0, 0.1) is 5.92 Å². The van der Waals surface area contributed by atoms with Crippen LogP contribution in [0.25, 0.3) is 0 Å². The predicted molar refractivity (Wildman–Crippen MR) is 105 cm³/mol. The van der Waals surface area contributed by atoms with Crippen LogP contribution in [0.2, 0.25) is 5.02 Å². The number of carbonyl (C=O) groups excluding carboxylic acids is 3.